The smallest absolute Gasteiger partial charge is 0.137 e. The van der Waals surface area contributed by atoms with Crippen molar-refractivity contribution in [1.82, 2.24) is 14.8 Å². The Morgan fingerprint density at radius 1 is 1.25 bits per heavy atom. The van der Waals surface area contributed by atoms with Crippen LogP contribution in [0.1, 0.15) is 50.7 Å². The first-order valence-electron chi connectivity index (χ1n) is 6.36. The fourth-order valence-corrected chi connectivity index (χ4v) is 2.46. The van der Waals surface area contributed by atoms with Crippen LogP contribution in [-0.4, -0.2) is 21.3 Å². The maximum Gasteiger partial charge on any atom is 0.137 e. The average molecular weight is 222 g/mol. The summed E-state index contributed by atoms with van der Waals surface area (Å²) in [6.07, 6.45) is 4.86. The van der Waals surface area contributed by atoms with Gasteiger partial charge in [-0.2, -0.15) is 0 Å². The van der Waals surface area contributed by atoms with E-state index in [4.69, 9.17) is 5.73 Å². The number of nitrogens with zero attached hydrogens (tertiary/aromatic N) is 3. The molecule has 0 aliphatic carbocycles. The fraction of sp³-hybridized carbons (Fsp3) is 0.833. The summed E-state index contributed by atoms with van der Waals surface area (Å²) in [6.45, 7) is 6.14. The fourth-order valence-electron chi connectivity index (χ4n) is 2.46. The zero-order valence-corrected chi connectivity index (χ0v) is 10.3. The molecule has 2 heterocycles. The van der Waals surface area contributed by atoms with Crippen LogP contribution >= 0.6 is 0 Å². The molecule has 1 unspecified atom stereocenters. The first-order chi connectivity index (χ1) is 7.74. The van der Waals surface area contributed by atoms with E-state index >= 15 is 0 Å². The Labute approximate surface area is 97.2 Å². The van der Waals surface area contributed by atoms with Crippen molar-refractivity contribution < 1.29 is 0 Å². The molecule has 1 aromatic heterocycles. The van der Waals surface area contributed by atoms with Crippen LogP contribution in [0.4, 0.5) is 0 Å². The first kappa shape index (κ1) is 11.6. The zero-order valence-electron chi connectivity index (χ0n) is 10.3. The summed E-state index contributed by atoms with van der Waals surface area (Å²) in [4.78, 5) is 0. The van der Waals surface area contributed by atoms with Crippen LogP contribution in [0, 0.1) is 5.92 Å². The Balaban J connectivity index is 2.30. The van der Waals surface area contributed by atoms with Gasteiger partial charge in [0, 0.05) is 25.4 Å². The van der Waals surface area contributed by atoms with E-state index in [0.29, 0.717) is 18.4 Å². The minimum absolute atomic E-state index is 0.347. The summed E-state index contributed by atoms with van der Waals surface area (Å²) in [5.41, 5.74) is 5.86. The summed E-state index contributed by atoms with van der Waals surface area (Å²) >= 11 is 0. The van der Waals surface area contributed by atoms with Gasteiger partial charge in [0.05, 0.1) is 0 Å². The van der Waals surface area contributed by atoms with Gasteiger partial charge in [-0.15, -0.1) is 10.2 Å². The molecule has 4 heteroatoms. The van der Waals surface area contributed by atoms with E-state index in [9.17, 15) is 0 Å². The first-order valence-corrected chi connectivity index (χ1v) is 6.36. The van der Waals surface area contributed by atoms with Crippen molar-refractivity contribution in [2.45, 2.75) is 52.0 Å². The lowest BCUT2D eigenvalue weighted by Gasteiger charge is -2.19. The SMILES string of the molecule is CC(C)C(CN)c1nnc2n1CCCCC2. The molecule has 0 saturated heterocycles. The van der Waals surface area contributed by atoms with Gasteiger partial charge in [-0.05, 0) is 18.8 Å². The van der Waals surface area contributed by atoms with Crippen molar-refractivity contribution in [2.24, 2.45) is 11.7 Å². The largest absolute Gasteiger partial charge is 0.330 e. The minimum atomic E-state index is 0.347. The third-order valence-corrected chi connectivity index (χ3v) is 3.53. The van der Waals surface area contributed by atoms with Crippen molar-refractivity contribution >= 4 is 0 Å². The van der Waals surface area contributed by atoms with Crippen molar-refractivity contribution in [3.63, 3.8) is 0 Å². The second-order valence-electron chi connectivity index (χ2n) is 5.02. The van der Waals surface area contributed by atoms with E-state index in [1.165, 1.54) is 19.3 Å². The van der Waals surface area contributed by atoms with Crippen molar-refractivity contribution in [1.29, 1.82) is 0 Å². The highest BCUT2D eigenvalue weighted by molar-refractivity contribution is 5.05. The molecular weight excluding hydrogens is 200 g/mol. The lowest BCUT2D eigenvalue weighted by molar-refractivity contribution is 0.455. The van der Waals surface area contributed by atoms with Gasteiger partial charge in [0.1, 0.15) is 11.6 Å². The molecule has 0 saturated carbocycles. The normalized spacial score (nSPS) is 18.2. The van der Waals surface area contributed by atoms with Gasteiger partial charge in [-0.25, -0.2) is 0 Å². The summed E-state index contributed by atoms with van der Waals surface area (Å²) in [5.74, 6) is 3.14. The van der Waals surface area contributed by atoms with Crippen molar-refractivity contribution in [2.75, 3.05) is 6.54 Å². The van der Waals surface area contributed by atoms with Crippen LogP contribution in [0.5, 0.6) is 0 Å². The van der Waals surface area contributed by atoms with E-state index in [2.05, 4.69) is 28.6 Å². The molecule has 4 nitrogen and oxygen atoms in total. The van der Waals surface area contributed by atoms with Crippen LogP contribution < -0.4 is 5.73 Å². The van der Waals surface area contributed by atoms with E-state index < -0.39 is 0 Å². The molecule has 2 N–H and O–H groups in total. The number of aromatic nitrogens is 3. The Morgan fingerprint density at radius 3 is 2.75 bits per heavy atom. The van der Waals surface area contributed by atoms with Gasteiger partial charge >= 0.3 is 0 Å². The highest BCUT2D eigenvalue weighted by Gasteiger charge is 2.23. The number of rotatable bonds is 3. The summed E-state index contributed by atoms with van der Waals surface area (Å²) in [7, 11) is 0. The molecule has 1 aromatic rings. The van der Waals surface area contributed by atoms with Gasteiger partial charge in [0.25, 0.3) is 0 Å². The van der Waals surface area contributed by atoms with Crippen LogP contribution in [0.2, 0.25) is 0 Å². The summed E-state index contributed by atoms with van der Waals surface area (Å²) in [5, 5.41) is 8.69. The minimum Gasteiger partial charge on any atom is -0.330 e. The second kappa shape index (κ2) is 4.95. The van der Waals surface area contributed by atoms with Crippen LogP contribution in [-0.2, 0) is 13.0 Å². The highest BCUT2D eigenvalue weighted by Crippen LogP contribution is 2.24. The Morgan fingerprint density at radius 2 is 2.06 bits per heavy atom. The summed E-state index contributed by atoms with van der Waals surface area (Å²) in [6, 6.07) is 0. The van der Waals surface area contributed by atoms with Crippen LogP contribution in [0.15, 0.2) is 0 Å². The van der Waals surface area contributed by atoms with E-state index in [1.54, 1.807) is 0 Å². The molecule has 1 aliphatic rings. The number of hydrogen-bond acceptors (Lipinski definition) is 3. The summed E-state index contributed by atoms with van der Waals surface area (Å²) < 4.78 is 2.31. The van der Waals surface area contributed by atoms with Gasteiger partial charge < -0.3 is 10.3 Å². The predicted molar refractivity (Wildman–Crippen MR) is 64.2 cm³/mol. The monoisotopic (exact) mass is 222 g/mol. The number of fused-ring (bicyclic) bond motifs is 1. The van der Waals surface area contributed by atoms with Crippen LogP contribution in [0.3, 0.4) is 0 Å². The van der Waals surface area contributed by atoms with Crippen molar-refractivity contribution in [3.8, 4) is 0 Å². The lowest BCUT2D eigenvalue weighted by Crippen LogP contribution is -2.22. The Kier molecular flexibility index (Phi) is 3.59. The molecule has 0 amide bonds. The average Bonchev–Trinajstić information content (AvgIpc) is 2.50. The molecule has 0 radical (unpaired) electrons. The standard InChI is InChI=1S/C12H22N4/c1-9(2)10(8-13)12-15-14-11-6-4-3-5-7-16(11)12/h9-10H,3-8,13H2,1-2H3. The van der Waals surface area contributed by atoms with E-state index in [0.717, 1.165) is 24.6 Å². The van der Waals surface area contributed by atoms with E-state index in [1.807, 2.05) is 0 Å². The number of aryl methyl sites for hydroxylation is 1. The van der Waals surface area contributed by atoms with Crippen LogP contribution in [0.25, 0.3) is 0 Å². The maximum atomic E-state index is 5.86. The molecule has 1 aliphatic heterocycles. The molecule has 0 fully saturated rings. The Hall–Kier alpha value is -0.900. The molecule has 0 bridgehead atoms. The molecule has 1 atom stereocenters. The maximum absolute atomic E-state index is 5.86. The van der Waals surface area contributed by atoms with Gasteiger partial charge in [0.2, 0.25) is 0 Å². The zero-order chi connectivity index (χ0) is 11.5. The molecule has 16 heavy (non-hydrogen) atoms. The third-order valence-electron chi connectivity index (χ3n) is 3.53. The number of hydrogen-bond donors (Lipinski definition) is 1. The van der Waals surface area contributed by atoms with Gasteiger partial charge in [0.15, 0.2) is 0 Å². The molecule has 90 valence electrons. The molecule has 2 rings (SSSR count). The second-order valence-corrected chi connectivity index (χ2v) is 5.02. The quantitative estimate of drug-likeness (QED) is 0.847. The lowest BCUT2D eigenvalue weighted by atomic mass is 9.95. The van der Waals surface area contributed by atoms with Crippen molar-refractivity contribution in [3.05, 3.63) is 11.6 Å². The number of nitrogens with two attached hydrogens (primary N) is 1. The predicted octanol–water partition coefficient (Wildman–Crippen LogP) is 1.70. The topological polar surface area (TPSA) is 56.7 Å². The Bertz CT molecular complexity index is 343. The molecule has 0 aromatic carbocycles. The van der Waals surface area contributed by atoms with Gasteiger partial charge in [-0.3, -0.25) is 0 Å². The van der Waals surface area contributed by atoms with Gasteiger partial charge in [-0.1, -0.05) is 20.3 Å². The highest BCUT2D eigenvalue weighted by atomic mass is 15.3. The van der Waals surface area contributed by atoms with E-state index in [-0.39, 0.29) is 0 Å². The molecular formula is C12H22N4. The molecule has 0 spiro atoms. The third kappa shape index (κ3) is 2.12.